The van der Waals surface area contributed by atoms with Crippen molar-refractivity contribution in [2.75, 3.05) is 13.1 Å². The van der Waals surface area contributed by atoms with Gasteiger partial charge in [-0.1, -0.05) is 54.6 Å². The number of hydrogen-bond donors (Lipinski definition) is 2. The lowest BCUT2D eigenvalue weighted by Crippen LogP contribution is -2.47. The normalized spacial score (nSPS) is 17.8. The first-order valence-electron chi connectivity index (χ1n) is 13.2. The number of piperidine rings is 1. The van der Waals surface area contributed by atoms with E-state index in [4.69, 9.17) is 0 Å². The molecule has 1 aliphatic rings. The SMILES string of the molecule is O=C(O)N1CCC(n2c(=O)[nH]c3ccccc32)CC1CCCN(Cc1ccccc1)Cc1ccc(F)cc1. The van der Waals surface area contributed by atoms with Crippen molar-refractivity contribution in [1.29, 1.82) is 0 Å². The molecule has 2 heterocycles. The summed E-state index contributed by atoms with van der Waals surface area (Å²) in [6.45, 7) is 2.60. The first-order valence-corrected chi connectivity index (χ1v) is 13.2. The molecular weight excluding hydrogens is 483 g/mol. The molecule has 1 fully saturated rings. The molecule has 0 radical (unpaired) electrons. The van der Waals surface area contributed by atoms with Crippen LogP contribution in [0.25, 0.3) is 11.0 Å². The average molecular weight is 517 g/mol. The number of rotatable bonds is 9. The molecule has 38 heavy (non-hydrogen) atoms. The summed E-state index contributed by atoms with van der Waals surface area (Å²) in [6, 6.07) is 24.2. The minimum atomic E-state index is -0.910. The smallest absolute Gasteiger partial charge is 0.407 e. The number of H-pyrrole nitrogens is 1. The third-order valence-corrected chi connectivity index (χ3v) is 7.50. The highest BCUT2D eigenvalue weighted by atomic mass is 19.1. The van der Waals surface area contributed by atoms with Gasteiger partial charge in [0.15, 0.2) is 0 Å². The molecule has 0 bridgehead atoms. The molecule has 7 nitrogen and oxygen atoms in total. The van der Waals surface area contributed by atoms with Gasteiger partial charge in [-0.25, -0.2) is 14.0 Å². The van der Waals surface area contributed by atoms with Crippen LogP contribution in [-0.4, -0.2) is 49.7 Å². The highest BCUT2D eigenvalue weighted by molar-refractivity contribution is 5.75. The number of aromatic nitrogens is 2. The van der Waals surface area contributed by atoms with Crippen LogP contribution < -0.4 is 5.69 Å². The molecule has 3 aromatic carbocycles. The molecule has 1 amide bonds. The van der Waals surface area contributed by atoms with E-state index in [0.29, 0.717) is 32.4 Å². The Balaban J connectivity index is 1.28. The van der Waals surface area contributed by atoms with Gasteiger partial charge in [-0.2, -0.15) is 0 Å². The Hall–Kier alpha value is -3.91. The minimum absolute atomic E-state index is 0.0566. The molecule has 0 aliphatic carbocycles. The van der Waals surface area contributed by atoms with E-state index in [1.54, 1.807) is 4.57 Å². The predicted molar refractivity (Wildman–Crippen MR) is 146 cm³/mol. The zero-order valence-electron chi connectivity index (χ0n) is 21.3. The fourth-order valence-electron chi connectivity index (χ4n) is 5.68. The Kier molecular flexibility index (Phi) is 7.89. The number of nitrogens with zero attached hydrogens (tertiary/aromatic N) is 3. The molecule has 2 N–H and O–H groups in total. The van der Waals surface area contributed by atoms with Crippen LogP contribution in [0.1, 0.15) is 42.9 Å². The number of imidazole rings is 1. The Morgan fingerprint density at radius 2 is 1.66 bits per heavy atom. The highest BCUT2D eigenvalue weighted by Crippen LogP contribution is 2.31. The van der Waals surface area contributed by atoms with Crippen LogP contribution in [-0.2, 0) is 13.1 Å². The maximum atomic E-state index is 13.4. The van der Waals surface area contributed by atoms with E-state index in [2.05, 4.69) is 22.0 Å². The van der Waals surface area contributed by atoms with Gasteiger partial charge in [-0.15, -0.1) is 0 Å². The Bertz CT molecular complexity index is 1420. The van der Waals surface area contributed by atoms with Gasteiger partial charge in [0.2, 0.25) is 0 Å². The van der Waals surface area contributed by atoms with Crippen LogP contribution in [0, 0.1) is 5.82 Å². The summed E-state index contributed by atoms with van der Waals surface area (Å²) in [5.41, 5.74) is 3.74. The summed E-state index contributed by atoms with van der Waals surface area (Å²) >= 11 is 0. The van der Waals surface area contributed by atoms with Crippen LogP contribution in [0.5, 0.6) is 0 Å². The molecule has 2 unspecified atom stereocenters. The molecule has 198 valence electrons. The lowest BCUT2D eigenvalue weighted by Gasteiger charge is -2.38. The molecule has 0 saturated carbocycles. The zero-order chi connectivity index (χ0) is 26.5. The number of amides is 1. The van der Waals surface area contributed by atoms with Crippen molar-refractivity contribution in [3.8, 4) is 0 Å². The van der Waals surface area contributed by atoms with Crippen LogP contribution in [0.3, 0.4) is 0 Å². The summed E-state index contributed by atoms with van der Waals surface area (Å²) < 4.78 is 15.2. The molecular formula is C30H33FN4O3. The molecule has 1 aromatic heterocycles. The second kappa shape index (κ2) is 11.6. The average Bonchev–Trinajstić information content (AvgIpc) is 3.26. The minimum Gasteiger partial charge on any atom is -0.465 e. The van der Waals surface area contributed by atoms with E-state index in [-0.39, 0.29) is 23.6 Å². The number of halogens is 1. The van der Waals surface area contributed by atoms with Crippen molar-refractivity contribution < 1.29 is 14.3 Å². The van der Waals surface area contributed by atoms with E-state index in [9.17, 15) is 19.1 Å². The van der Waals surface area contributed by atoms with Gasteiger partial charge in [-0.3, -0.25) is 9.47 Å². The summed E-state index contributed by atoms with van der Waals surface area (Å²) in [6.07, 6.45) is 1.80. The first kappa shape index (κ1) is 25.7. The fourth-order valence-corrected chi connectivity index (χ4v) is 5.68. The van der Waals surface area contributed by atoms with Gasteiger partial charge in [0, 0.05) is 31.7 Å². The third kappa shape index (κ3) is 5.97. The first-order chi connectivity index (χ1) is 18.5. The Morgan fingerprint density at radius 3 is 2.39 bits per heavy atom. The highest BCUT2D eigenvalue weighted by Gasteiger charge is 2.33. The number of hydrogen-bond acceptors (Lipinski definition) is 3. The lowest BCUT2D eigenvalue weighted by molar-refractivity contribution is 0.0853. The largest absolute Gasteiger partial charge is 0.465 e. The lowest BCUT2D eigenvalue weighted by atomic mass is 9.93. The zero-order valence-corrected chi connectivity index (χ0v) is 21.3. The summed E-state index contributed by atoms with van der Waals surface area (Å²) in [7, 11) is 0. The maximum absolute atomic E-state index is 13.4. The molecule has 5 rings (SSSR count). The van der Waals surface area contributed by atoms with Crippen molar-refractivity contribution in [2.24, 2.45) is 0 Å². The van der Waals surface area contributed by atoms with Crippen molar-refractivity contribution in [2.45, 2.75) is 50.9 Å². The molecule has 1 aliphatic heterocycles. The number of carbonyl (C=O) groups is 1. The van der Waals surface area contributed by atoms with Crippen molar-refractivity contribution in [1.82, 2.24) is 19.4 Å². The summed E-state index contributed by atoms with van der Waals surface area (Å²) in [4.78, 5) is 31.6. The summed E-state index contributed by atoms with van der Waals surface area (Å²) in [5, 5.41) is 9.88. The van der Waals surface area contributed by atoms with E-state index in [0.717, 1.165) is 36.1 Å². The number of likely N-dealkylation sites (tertiary alicyclic amines) is 1. The van der Waals surface area contributed by atoms with Gasteiger partial charge in [0.1, 0.15) is 5.82 Å². The van der Waals surface area contributed by atoms with E-state index >= 15 is 0 Å². The van der Waals surface area contributed by atoms with E-state index < -0.39 is 6.09 Å². The van der Waals surface area contributed by atoms with Crippen LogP contribution in [0.2, 0.25) is 0 Å². The quantitative estimate of drug-likeness (QED) is 0.302. The molecule has 4 aromatic rings. The Labute approximate surface area is 221 Å². The molecule has 0 spiro atoms. The van der Waals surface area contributed by atoms with Gasteiger partial charge < -0.3 is 15.0 Å². The monoisotopic (exact) mass is 516 g/mol. The Morgan fingerprint density at radius 1 is 0.974 bits per heavy atom. The van der Waals surface area contributed by atoms with Crippen LogP contribution in [0.4, 0.5) is 9.18 Å². The van der Waals surface area contributed by atoms with Crippen molar-refractivity contribution in [3.05, 3.63) is 106 Å². The van der Waals surface area contributed by atoms with Gasteiger partial charge in [0.25, 0.3) is 0 Å². The van der Waals surface area contributed by atoms with E-state index in [1.807, 2.05) is 54.6 Å². The fraction of sp³-hybridized carbons (Fsp3) is 0.333. The molecule has 8 heteroatoms. The number of benzene rings is 3. The van der Waals surface area contributed by atoms with Gasteiger partial charge in [0.05, 0.1) is 11.0 Å². The van der Waals surface area contributed by atoms with Crippen LogP contribution in [0.15, 0.2) is 83.7 Å². The molecule has 1 saturated heterocycles. The predicted octanol–water partition coefficient (Wildman–Crippen LogP) is 5.63. The second-order valence-corrected chi connectivity index (χ2v) is 10.1. The number of carboxylic acid groups (broad SMARTS) is 1. The third-order valence-electron chi connectivity index (χ3n) is 7.50. The number of para-hydroxylation sites is 2. The number of nitrogens with one attached hydrogen (secondary N) is 1. The van der Waals surface area contributed by atoms with Crippen molar-refractivity contribution >= 4 is 17.1 Å². The second-order valence-electron chi connectivity index (χ2n) is 10.1. The van der Waals surface area contributed by atoms with Gasteiger partial charge >= 0.3 is 11.8 Å². The number of aromatic amines is 1. The standard InChI is InChI=1S/C30H33FN4O3/c31-24-14-12-23(13-15-24)21-33(20-22-7-2-1-3-8-22)17-6-9-25-19-26(16-18-34(25)30(37)38)35-28-11-5-4-10-27(28)32-29(35)36/h1-5,7-8,10-15,25-26H,6,9,16-21H2,(H,32,36)(H,37,38). The number of fused-ring (bicyclic) bond motifs is 1. The van der Waals surface area contributed by atoms with E-state index in [1.165, 1.54) is 22.6 Å². The van der Waals surface area contributed by atoms with Crippen LogP contribution >= 0.6 is 0 Å². The maximum Gasteiger partial charge on any atom is 0.407 e. The summed E-state index contributed by atoms with van der Waals surface area (Å²) in [5.74, 6) is -0.252. The van der Waals surface area contributed by atoms with Gasteiger partial charge in [-0.05, 0) is 67.6 Å². The van der Waals surface area contributed by atoms with Crippen molar-refractivity contribution in [3.63, 3.8) is 0 Å². The molecule has 2 atom stereocenters. The topological polar surface area (TPSA) is 81.6 Å².